The van der Waals surface area contributed by atoms with Crippen molar-refractivity contribution in [1.29, 1.82) is 5.41 Å². The van der Waals surface area contributed by atoms with Gasteiger partial charge in [0.2, 0.25) is 0 Å². The summed E-state index contributed by atoms with van der Waals surface area (Å²) in [5.41, 5.74) is 0. The molecule has 0 radical (unpaired) electrons. The highest BCUT2D eigenvalue weighted by molar-refractivity contribution is 7.09. The lowest BCUT2D eigenvalue weighted by atomic mass is 10.5. The van der Waals surface area contributed by atoms with Crippen LogP contribution in [0.2, 0.25) is 0 Å². The van der Waals surface area contributed by atoms with Gasteiger partial charge in [-0.25, -0.2) is 0 Å². The molecule has 0 spiro atoms. The molecular weight excluding hydrogens is 134 g/mol. The van der Waals surface area contributed by atoms with Crippen LogP contribution in [0.15, 0.2) is 17.5 Å². The van der Waals surface area contributed by atoms with Crippen LogP contribution in [0.25, 0.3) is 0 Å². The van der Waals surface area contributed by atoms with Gasteiger partial charge in [-0.3, -0.25) is 0 Å². The van der Waals surface area contributed by atoms with Gasteiger partial charge < -0.3 is 10.5 Å². The maximum absolute atomic E-state index is 8.44. The molecule has 0 aromatic carbocycles. The van der Waals surface area contributed by atoms with E-state index in [-0.39, 0.29) is 6.61 Å². The molecule has 0 amide bonds. The average molecular weight is 143 g/mol. The second kappa shape index (κ2) is 5.47. The summed E-state index contributed by atoms with van der Waals surface area (Å²) in [5, 5.41) is 15.9. The number of thiophene rings is 1. The predicted molar refractivity (Wildman–Crippen MR) is 40.1 cm³/mol. The highest BCUT2D eigenvalue weighted by atomic mass is 32.1. The van der Waals surface area contributed by atoms with Crippen molar-refractivity contribution in [2.24, 2.45) is 0 Å². The van der Waals surface area contributed by atoms with Gasteiger partial charge >= 0.3 is 0 Å². The number of aliphatic hydroxyl groups is 1. The quantitative estimate of drug-likeness (QED) is 0.575. The maximum Gasteiger partial charge on any atom is 0.0774 e. The molecule has 0 atom stereocenters. The Hall–Kier alpha value is -0.670. The summed E-state index contributed by atoms with van der Waals surface area (Å²) in [6.07, 6.45) is 0. The van der Waals surface area contributed by atoms with Crippen molar-refractivity contribution in [3.63, 3.8) is 0 Å². The maximum atomic E-state index is 8.44. The lowest BCUT2D eigenvalue weighted by molar-refractivity contribution is 0.285. The fourth-order valence-electron chi connectivity index (χ4n) is 0.403. The lowest BCUT2D eigenvalue weighted by Gasteiger charge is -1.78. The van der Waals surface area contributed by atoms with E-state index in [1.165, 1.54) is 0 Å². The SMILES string of the molecule is C=N.OCc1cccs1. The van der Waals surface area contributed by atoms with Crippen LogP contribution in [0.3, 0.4) is 0 Å². The Morgan fingerprint density at radius 3 is 2.56 bits per heavy atom. The Bertz CT molecular complexity index is 139. The van der Waals surface area contributed by atoms with Crippen molar-refractivity contribution in [2.75, 3.05) is 0 Å². The Morgan fingerprint density at radius 2 is 2.33 bits per heavy atom. The first-order valence-electron chi connectivity index (χ1n) is 2.42. The molecule has 0 aliphatic carbocycles. The molecular formula is C6H9NOS. The molecule has 0 fully saturated rings. The smallest absolute Gasteiger partial charge is 0.0774 e. The standard InChI is InChI=1S/C5H6OS.CH3N/c6-4-5-2-1-3-7-5;1-2/h1-3,6H,4H2;2H,1H2. The van der Waals surface area contributed by atoms with Crippen molar-refractivity contribution < 1.29 is 5.11 Å². The molecule has 0 unspecified atom stereocenters. The van der Waals surface area contributed by atoms with Gasteiger partial charge in [-0.05, 0) is 18.2 Å². The summed E-state index contributed by atoms with van der Waals surface area (Å²) in [4.78, 5) is 1.03. The third-order valence-corrected chi connectivity index (χ3v) is 1.60. The highest BCUT2D eigenvalue weighted by Crippen LogP contribution is 2.06. The fraction of sp³-hybridized carbons (Fsp3) is 0.167. The Balaban J connectivity index is 0.000000291. The first kappa shape index (κ1) is 8.33. The van der Waals surface area contributed by atoms with E-state index in [2.05, 4.69) is 6.72 Å². The summed E-state index contributed by atoms with van der Waals surface area (Å²) < 4.78 is 0. The minimum atomic E-state index is 0.178. The molecule has 50 valence electrons. The van der Waals surface area contributed by atoms with Gasteiger partial charge in [0.25, 0.3) is 0 Å². The molecule has 2 nitrogen and oxygen atoms in total. The number of aliphatic hydroxyl groups excluding tert-OH is 1. The van der Waals surface area contributed by atoms with E-state index in [0.29, 0.717) is 0 Å². The van der Waals surface area contributed by atoms with Crippen molar-refractivity contribution in [3.05, 3.63) is 22.4 Å². The van der Waals surface area contributed by atoms with Crippen LogP contribution in [0.5, 0.6) is 0 Å². The first-order valence-corrected chi connectivity index (χ1v) is 3.30. The fourth-order valence-corrected chi connectivity index (χ4v) is 0.966. The lowest BCUT2D eigenvalue weighted by Crippen LogP contribution is -1.69. The zero-order chi connectivity index (χ0) is 7.11. The zero-order valence-electron chi connectivity index (χ0n) is 5.00. The number of hydrogen-bond donors (Lipinski definition) is 2. The topological polar surface area (TPSA) is 44.1 Å². The predicted octanol–water partition coefficient (Wildman–Crippen LogP) is 1.51. The summed E-state index contributed by atoms with van der Waals surface area (Å²) in [6, 6.07) is 3.83. The molecule has 0 saturated carbocycles. The van der Waals surface area contributed by atoms with E-state index in [9.17, 15) is 0 Å². The molecule has 0 saturated heterocycles. The molecule has 3 heteroatoms. The summed E-state index contributed by atoms with van der Waals surface area (Å²) >= 11 is 1.57. The summed E-state index contributed by atoms with van der Waals surface area (Å²) in [5.74, 6) is 0. The van der Waals surface area contributed by atoms with Crippen LogP contribution < -0.4 is 0 Å². The summed E-state index contributed by atoms with van der Waals surface area (Å²) in [6.45, 7) is 2.68. The number of nitrogens with one attached hydrogen (secondary N) is 1. The van der Waals surface area contributed by atoms with E-state index < -0.39 is 0 Å². The average Bonchev–Trinajstić information content (AvgIpc) is 2.43. The summed E-state index contributed by atoms with van der Waals surface area (Å²) in [7, 11) is 0. The van der Waals surface area contributed by atoms with Gasteiger partial charge in [-0.2, -0.15) is 0 Å². The van der Waals surface area contributed by atoms with Crippen LogP contribution in [-0.2, 0) is 6.61 Å². The Kier molecular flexibility index (Phi) is 5.06. The van der Waals surface area contributed by atoms with E-state index in [0.717, 1.165) is 4.88 Å². The molecule has 1 aromatic rings. The molecule has 9 heavy (non-hydrogen) atoms. The van der Waals surface area contributed by atoms with Gasteiger partial charge in [0.05, 0.1) is 6.61 Å². The Morgan fingerprint density at radius 1 is 1.67 bits per heavy atom. The van der Waals surface area contributed by atoms with Crippen LogP contribution in [-0.4, -0.2) is 11.8 Å². The van der Waals surface area contributed by atoms with Gasteiger partial charge in [-0.1, -0.05) is 6.07 Å². The van der Waals surface area contributed by atoms with Crippen LogP contribution in [0.1, 0.15) is 4.88 Å². The largest absolute Gasteiger partial charge is 0.391 e. The van der Waals surface area contributed by atoms with Crippen LogP contribution >= 0.6 is 11.3 Å². The van der Waals surface area contributed by atoms with Crippen molar-refractivity contribution in [3.8, 4) is 0 Å². The highest BCUT2D eigenvalue weighted by Gasteiger charge is 1.83. The molecule has 1 heterocycles. The van der Waals surface area contributed by atoms with E-state index in [1.807, 2.05) is 17.5 Å². The molecule has 0 bridgehead atoms. The minimum absolute atomic E-state index is 0.178. The molecule has 1 aromatic heterocycles. The molecule has 1 rings (SSSR count). The van der Waals surface area contributed by atoms with Crippen LogP contribution in [0.4, 0.5) is 0 Å². The van der Waals surface area contributed by atoms with E-state index in [1.54, 1.807) is 11.3 Å². The van der Waals surface area contributed by atoms with Crippen molar-refractivity contribution in [2.45, 2.75) is 6.61 Å². The third-order valence-electron chi connectivity index (χ3n) is 0.736. The van der Waals surface area contributed by atoms with Gasteiger partial charge in [0, 0.05) is 4.88 Å². The zero-order valence-corrected chi connectivity index (χ0v) is 5.82. The Labute approximate surface area is 58.3 Å². The second-order valence-electron chi connectivity index (χ2n) is 1.24. The first-order chi connectivity index (χ1) is 4.43. The number of hydrogen-bond acceptors (Lipinski definition) is 3. The molecule has 0 aliphatic rings. The monoisotopic (exact) mass is 143 g/mol. The third kappa shape index (κ3) is 3.00. The van der Waals surface area contributed by atoms with E-state index >= 15 is 0 Å². The minimum Gasteiger partial charge on any atom is -0.391 e. The number of rotatable bonds is 1. The van der Waals surface area contributed by atoms with Gasteiger partial charge in [0.15, 0.2) is 0 Å². The van der Waals surface area contributed by atoms with E-state index in [4.69, 9.17) is 10.5 Å². The van der Waals surface area contributed by atoms with Gasteiger partial charge in [-0.15, -0.1) is 11.3 Å². The molecule has 0 aliphatic heterocycles. The van der Waals surface area contributed by atoms with Crippen molar-refractivity contribution in [1.82, 2.24) is 0 Å². The normalized spacial score (nSPS) is 7.67. The van der Waals surface area contributed by atoms with Crippen LogP contribution in [0, 0.1) is 5.41 Å². The van der Waals surface area contributed by atoms with Crippen molar-refractivity contribution >= 4 is 18.1 Å². The second-order valence-corrected chi connectivity index (χ2v) is 2.27. The molecule has 2 N–H and O–H groups in total. The van der Waals surface area contributed by atoms with Gasteiger partial charge in [0.1, 0.15) is 0 Å².